The maximum Gasteiger partial charge on any atom is 0.347 e. The van der Waals surface area contributed by atoms with Crippen molar-refractivity contribution in [2.75, 3.05) is 6.61 Å². The molecule has 0 aliphatic heterocycles. The first kappa shape index (κ1) is 16.4. The average molecular weight is 280 g/mol. The molecule has 0 radical (unpaired) electrons. The van der Waals surface area contributed by atoms with E-state index in [0.717, 1.165) is 11.4 Å². The minimum atomic E-state index is -0.605. The van der Waals surface area contributed by atoms with E-state index >= 15 is 0 Å². The van der Waals surface area contributed by atoms with E-state index in [1.165, 1.54) is 0 Å². The summed E-state index contributed by atoms with van der Waals surface area (Å²) in [4.78, 5) is 16.2. The average Bonchev–Trinajstić information content (AvgIpc) is 2.37. The van der Waals surface area contributed by atoms with Crippen molar-refractivity contribution in [3.63, 3.8) is 0 Å². The lowest BCUT2D eigenvalue weighted by Crippen LogP contribution is -2.29. The summed E-state index contributed by atoms with van der Waals surface area (Å²) < 4.78 is 10.8. The van der Waals surface area contributed by atoms with Crippen molar-refractivity contribution < 1.29 is 14.3 Å². The number of ether oxygens (including phenoxy) is 2. The molecule has 5 nitrogen and oxygen atoms in total. The topological polar surface area (TPSA) is 74.4 Å². The van der Waals surface area contributed by atoms with E-state index in [1.54, 1.807) is 6.92 Å². The standard InChI is InChI=1S/C15H24N2O3/c1-5-13(15(18)19-6-2)20-14-8-7-11(4)17-12(14)9-10(3)16/h7-8,10,13H,5-6,9,16H2,1-4H3. The summed E-state index contributed by atoms with van der Waals surface area (Å²) in [5.74, 6) is 0.259. The molecule has 0 aromatic carbocycles. The molecule has 1 rings (SSSR count). The number of hydrogen-bond acceptors (Lipinski definition) is 5. The van der Waals surface area contributed by atoms with Gasteiger partial charge in [-0.05, 0) is 39.3 Å². The second-order valence-corrected chi connectivity index (χ2v) is 4.85. The van der Waals surface area contributed by atoms with Gasteiger partial charge in [-0.1, -0.05) is 6.92 Å². The van der Waals surface area contributed by atoms with Crippen LogP contribution in [0.25, 0.3) is 0 Å². The van der Waals surface area contributed by atoms with Gasteiger partial charge in [-0.25, -0.2) is 4.79 Å². The highest BCUT2D eigenvalue weighted by Crippen LogP contribution is 2.21. The third-order valence-electron chi connectivity index (χ3n) is 2.78. The van der Waals surface area contributed by atoms with Gasteiger partial charge in [0.25, 0.3) is 0 Å². The van der Waals surface area contributed by atoms with Crippen LogP contribution in [-0.2, 0) is 16.0 Å². The Kier molecular flexibility index (Phi) is 6.45. The molecule has 2 N–H and O–H groups in total. The molecule has 1 aromatic rings. The van der Waals surface area contributed by atoms with E-state index in [9.17, 15) is 4.79 Å². The maximum atomic E-state index is 11.8. The number of esters is 1. The molecular weight excluding hydrogens is 256 g/mol. The van der Waals surface area contributed by atoms with Gasteiger partial charge in [0.2, 0.25) is 0 Å². The van der Waals surface area contributed by atoms with Crippen LogP contribution in [0, 0.1) is 6.92 Å². The van der Waals surface area contributed by atoms with Crippen LogP contribution in [0.2, 0.25) is 0 Å². The molecule has 0 saturated carbocycles. The molecule has 0 aliphatic carbocycles. The minimum Gasteiger partial charge on any atom is -0.477 e. The third-order valence-corrected chi connectivity index (χ3v) is 2.78. The number of pyridine rings is 1. The third kappa shape index (κ3) is 4.81. The Morgan fingerprint density at radius 2 is 2.10 bits per heavy atom. The summed E-state index contributed by atoms with van der Waals surface area (Å²) in [5, 5.41) is 0. The lowest BCUT2D eigenvalue weighted by Gasteiger charge is -2.18. The Morgan fingerprint density at radius 1 is 1.40 bits per heavy atom. The number of aryl methyl sites for hydroxylation is 1. The van der Waals surface area contributed by atoms with Gasteiger partial charge in [0.1, 0.15) is 5.75 Å². The molecule has 2 atom stereocenters. The number of hydrogen-bond donors (Lipinski definition) is 1. The first-order valence-corrected chi connectivity index (χ1v) is 7.03. The summed E-state index contributed by atoms with van der Waals surface area (Å²) in [7, 11) is 0. The molecule has 0 amide bonds. The molecular formula is C15H24N2O3. The van der Waals surface area contributed by atoms with Gasteiger partial charge in [-0.3, -0.25) is 4.98 Å². The Hall–Kier alpha value is -1.62. The largest absolute Gasteiger partial charge is 0.477 e. The highest BCUT2D eigenvalue weighted by Gasteiger charge is 2.21. The first-order valence-electron chi connectivity index (χ1n) is 7.03. The van der Waals surface area contributed by atoms with E-state index in [-0.39, 0.29) is 12.0 Å². The molecule has 1 aromatic heterocycles. The number of nitrogens with two attached hydrogens (primary N) is 1. The molecule has 5 heteroatoms. The van der Waals surface area contributed by atoms with Crippen LogP contribution in [0.1, 0.15) is 38.6 Å². The van der Waals surface area contributed by atoms with Crippen LogP contribution >= 0.6 is 0 Å². The fourth-order valence-corrected chi connectivity index (χ4v) is 1.84. The fourth-order valence-electron chi connectivity index (χ4n) is 1.84. The zero-order valence-electron chi connectivity index (χ0n) is 12.7. The Bertz CT molecular complexity index is 447. The summed E-state index contributed by atoms with van der Waals surface area (Å²) in [6.45, 7) is 7.83. The Labute approximate surface area is 120 Å². The molecule has 2 unspecified atom stereocenters. The normalized spacial score (nSPS) is 13.7. The monoisotopic (exact) mass is 280 g/mol. The van der Waals surface area contributed by atoms with Crippen LogP contribution in [0.3, 0.4) is 0 Å². The fraction of sp³-hybridized carbons (Fsp3) is 0.600. The van der Waals surface area contributed by atoms with Crippen molar-refractivity contribution >= 4 is 5.97 Å². The maximum absolute atomic E-state index is 11.8. The van der Waals surface area contributed by atoms with E-state index in [0.29, 0.717) is 25.2 Å². The Morgan fingerprint density at radius 3 is 2.65 bits per heavy atom. The molecule has 0 spiro atoms. The molecule has 112 valence electrons. The van der Waals surface area contributed by atoms with Crippen molar-refractivity contribution in [2.45, 2.75) is 52.7 Å². The molecule has 0 bridgehead atoms. The molecule has 1 heterocycles. The van der Waals surface area contributed by atoms with Gasteiger partial charge in [0.15, 0.2) is 6.10 Å². The second-order valence-electron chi connectivity index (χ2n) is 4.85. The summed E-state index contributed by atoms with van der Waals surface area (Å²) in [5.41, 5.74) is 7.51. The quantitative estimate of drug-likeness (QED) is 0.773. The van der Waals surface area contributed by atoms with E-state index in [2.05, 4.69) is 4.98 Å². The molecule has 0 aliphatic rings. The highest BCUT2D eigenvalue weighted by atomic mass is 16.6. The summed E-state index contributed by atoms with van der Waals surface area (Å²) in [6, 6.07) is 3.68. The number of carbonyl (C=O) groups excluding carboxylic acids is 1. The Balaban J connectivity index is 2.91. The lowest BCUT2D eigenvalue weighted by molar-refractivity contribution is -0.151. The molecule has 20 heavy (non-hydrogen) atoms. The van der Waals surface area contributed by atoms with E-state index < -0.39 is 6.10 Å². The number of rotatable bonds is 7. The number of aromatic nitrogens is 1. The van der Waals surface area contributed by atoms with Crippen LogP contribution < -0.4 is 10.5 Å². The van der Waals surface area contributed by atoms with Crippen molar-refractivity contribution in [1.29, 1.82) is 0 Å². The van der Waals surface area contributed by atoms with Crippen molar-refractivity contribution in [3.8, 4) is 5.75 Å². The van der Waals surface area contributed by atoms with Gasteiger partial charge in [0, 0.05) is 18.2 Å². The van der Waals surface area contributed by atoms with Gasteiger partial charge >= 0.3 is 5.97 Å². The highest BCUT2D eigenvalue weighted by molar-refractivity contribution is 5.75. The summed E-state index contributed by atoms with van der Waals surface area (Å²) in [6.07, 6.45) is 0.548. The van der Waals surface area contributed by atoms with Crippen molar-refractivity contribution in [2.24, 2.45) is 5.73 Å². The van der Waals surface area contributed by atoms with Gasteiger partial charge in [-0.15, -0.1) is 0 Å². The van der Waals surface area contributed by atoms with Crippen LogP contribution in [0.5, 0.6) is 5.75 Å². The predicted molar refractivity (Wildman–Crippen MR) is 77.7 cm³/mol. The van der Waals surface area contributed by atoms with Gasteiger partial charge in [-0.2, -0.15) is 0 Å². The SMILES string of the molecule is CCOC(=O)C(CC)Oc1ccc(C)nc1CC(C)N. The second kappa shape index (κ2) is 7.85. The summed E-state index contributed by atoms with van der Waals surface area (Å²) >= 11 is 0. The van der Waals surface area contributed by atoms with E-state index in [1.807, 2.05) is 32.9 Å². The van der Waals surface area contributed by atoms with Crippen molar-refractivity contribution in [1.82, 2.24) is 4.98 Å². The van der Waals surface area contributed by atoms with Crippen LogP contribution in [-0.4, -0.2) is 29.7 Å². The number of carbonyl (C=O) groups is 1. The van der Waals surface area contributed by atoms with Crippen LogP contribution in [0.15, 0.2) is 12.1 Å². The van der Waals surface area contributed by atoms with Gasteiger partial charge in [0.05, 0.1) is 12.3 Å². The lowest BCUT2D eigenvalue weighted by atomic mass is 10.1. The minimum absolute atomic E-state index is 0.0191. The van der Waals surface area contributed by atoms with Crippen LogP contribution in [0.4, 0.5) is 0 Å². The van der Waals surface area contributed by atoms with Crippen molar-refractivity contribution in [3.05, 3.63) is 23.5 Å². The molecule has 0 saturated heterocycles. The zero-order chi connectivity index (χ0) is 15.1. The van der Waals surface area contributed by atoms with Gasteiger partial charge < -0.3 is 15.2 Å². The predicted octanol–water partition coefficient (Wildman–Crippen LogP) is 2.00. The first-order chi connectivity index (χ1) is 9.47. The van der Waals surface area contributed by atoms with E-state index in [4.69, 9.17) is 15.2 Å². The zero-order valence-corrected chi connectivity index (χ0v) is 12.7. The molecule has 0 fully saturated rings. The smallest absolute Gasteiger partial charge is 0.347 e. The number of nitrogens with zero attached hydrogens (tertiary/aromatic N) is 1.